The van der Waals surface area contributed by atoms with Crippen molar-refractivity contribution in [3.8, 4) is 22.9 Å². The second kappa shape index (κ2) is 5.41. The Bertz CT molecular complexity index is 939. The van der Waals surface area contributed by atoms with Gasteiger partial charge in [-0.25, -0.2) is 4.98 Å². The Morgan fingerprint density at radius 1 is 0.909 bits per heavy atom. The van der Waals surface area contributed by atoms with Crippen LogP contribution in [-0.2, 0) is 0 Å². The van der Waals surface area contributed by atoms with Crippen molar-refractivity contribution in [2.45, 2.75) is 0 Å². The number of imidazole rings is 1. The minimum atomic E-state index is 0.723. The lowest BCUT2D eigenvalue weighted by Crippen LogP contribution is -1.78. The molecule has 3 nitrogen and oxygen atoms in total. The van der Waals surface area contributed by atoms with Gasteiger partial charge in [0.05, 0.1) is 11.0 Å². The van der Waals surface area contributed by atoms with Gasteiger partial charge < -0.3 is 9.40 Å². The van der Waals surface area contributed by atoms with Gasteiger partial charge in [-0.05, 0) is 58.4 Å². The molecule has 0 spiro atoms. The van der Waals surface area contributed by atoms with Crippen molar-refractivity contribution in [1.82, 2.24) is 9.97 Å². The Kier molecular flexibility index (Phi) is 3.39. The lowest BCUT2D eigenvalue weighted by molar-refractivity contribution is 0.593. The molecule has 2 aromatic heterocycles. The van der Waals surface area contributed by atoms with Crippen LogP contribution < -0.4 is 0 Å². The molecule has 0 unspecified atom stereocenters. The Balaban J connectivity index is 1.77. The lowest BCUT2D eigenvalue weighted by atomic mass is 10.2. The van der Waals surface area contributed by atoms with Crippen LogP contribution in [0.1, 0.15) is 0 Å². The first kappa shape index (κ1) is 13.8. The van der Waals surface area contributed by atoms with Crippen LogP contribution >= 0.6 is 31.9 Å². The van der Waals surface area contributed by atoms with E-state index in [0.717, 1.165) is 42.9 Å². The highest BCUT2D eigenvalue weighted by Gasteiger charge is 2.12. The smallest absolute Gasteiger partial charge is 0.174 e. The van der Waals surface area contributed by atoms with E-state index in [4.69, 9.17) is 4.42 Å². The fourth-order valence-corrected chi connectivity index (χ4v) is 3.61. The Morgan fingerprint density at radius 2 is 1.73 bits per heavy atom. The summed E-state index contributed by atoms with van der Waals surface area (Å²) < 4.78 is 7.97. The molecule has 2 heterocycles. The Hall–Kier alpha value is -1.85. The Morgan fingerprint density at radius 3 is 2.55 bits per heavy atom. The van der Waals surface area contributed by atoms with Gasteiger partial charge in [0.25, 0.3) is 0 Å². The van der Waals surface area contributed by atoms with E-state index < -0.39 is 0 Å². The zero-order chi connectivity index (χ0) is 15.1. The van der Waals surface area contributed by atoms with Gasteiger partial charge in [-0.15, -0.1) is 0 Å². The summed E-state index contributed by atoms with van der Waals surface area (Å²) in [6.07, 6.45) is 0. The average molecular weight is 418 g/mol. The predicted octanol–water partition coefficient (Wildman–Crippen LogP) is 6.01. The number of hydrogen-bond acceptors (Lipinski definition) is 2. The van der Waals surface area contributed by atoms with Gasteiger partial charge in [0, 0.05) is 14.5 Å². The van der Waals surface area contributed by atoms with Crippen molar-refractivity contribution >= 4 is 42.9 Å². The highest BCUT2D eigenvalue weighted by molar-refractivity contribution is 9.11. The van der Waals surface area contributed by atoms with Gasteiger partial charge in [0.15, 0.2) is 11.6 Å². The maximum atomic E-state index is 5.97. The average Bonchev–Trinajstić information content (AvgIpc) is 3.13. The molecule has 4 rings (SSSR count). The molecule has 4 aromatic rings. The molecule has 22 heavy (non-hydrogen) atoms. The number of nitrogens with zero attached hydrogens (tertiary/aromatic N) is 1. The van der Waals surface area contributed by atoms with Crippen molar-refractivity contribution in [1.29, 1.82) is 0 Å². The molecule has 0 fully saturated rings. The number of H-pyrrole nitrogens is 1. The van der Waals surface area contributed by atoms with Crippen molar-refractivity contribution in [3.63, 3.8) is 0 Å². The molecule has 0 bridgehead atoms. The van der Waals surface area contributed by atoms with Crippen molar-refractivity contribution in [3.05, 3.63) is 63.5 Å². The number of aromatic amines is 1. The topological polar surface area (TPSA) is 41.8 Å². The van der Waals surface area contributed by atoms with Gasteiger partial charge in [-0.3, -0.25) is 0 Å². The van der Waals surface area contributed by atoms with Crippen molar-refractivity contribution < 1.29 is 4.42 Å². The molecule has 0 aliphatic rings. The predicted molar refractivity (Wildman–Crippen MR) is 94.6 cm³/mol. The largest absolute Gasteiger partial charge is 0.453 e. The second-order valence-electron chi connectivity index (χ2n) is 4.89. The summed E-state index contributed by atoms with van der Waals surface area (Å²) in [5.74, 6) is 2.26. The van der Waals surface area contributed by atoms with Crippen LogP contribution in [0, 0.1) is 0 Å². The number of furan rings is 1. The van der Waals surface area contributed by atoms with Crippen LogP contribution in [0.2, 0.25) is 0 Å². The first-order chi connectivity index (χ1) is 10.7. The van der Waals surface area contributed by atoms with E-state index in [1.807, 2.05) is 54.6 Å². The van der Waals surface area contributed by atoms with E-state index >= 15 is 0 Å². The summed E-state index contributed by atoms with van der Waals surface area (Å²) >= 11 is 7.02. The zero-order valence-corrected chi connectivity index (χ0v) is 14.5. The normalized spacial score (nSPS) is 11.2. The van der Waals surface area contributed by atoms with Gasteiger partial charge in [0.2, 0.25) is 0 Å². The molecular weight excluding hydrogens is 408 g/mol. The SMILES string of the molecule is Brc1ccc(-c2ccc(-c3nc4ccccc4[nH]3)o2)c(Br)c1. The fraction of sp³-hybridized carbons (Fsp3) is 0. The van der Waals surface area contributed by atoms with E-state index in [1.165, 1.54) is 0 Å². The van der Waals surface area contributed by atoms with Crippen LogP contribution in [0.5, 0.6) is 0 Å². The molecule has 0 saturated carbocycles. The highest BCUT2D eigenvalue weighted by atomic mass is 79.9. The second-order valence-corrected chi connectivity index (χ2v) is 6.66. The number of rotatable bonds is 2. The fourth-order valence-electron chi connectivity index (χ4n) is 2.37. The number of fused-ring (bicyclic) bond motifs is 1. The molecule has 0 radical (unpaired) electrons. The first-order valence-electron chi connectivity index (χ1n) is 6.71. The first-order valence-corrected chi connectivity index (χ1v) is 8.30. The lowest BCUT2D eigenvalue weighted by Gasteiger charge is -2.01. The molecule has 0 saturated heterocycles. The van der Waals surface area contributed by atoms with Gasteiger partial charge in [0.1, 0.15) is 5.76 Å². The zero-order valence-electron chi connectivity index (χ0n) is 11.3. The summed E-state index contributed by atoms with van der Waals surface area (Å²) in [5.41, 5.74) is 2.94. The van der Waals surface area contributed by atoms with Crippen LogP contribution in [0.25, 0.3) is 33.9 Å². The van der Waals surface area contributed by atoms with Crippen molar-refractivity contribution in [2.75, 3.05) is 0 Å². The standard InChI is InChI=1S/C17H10Br2N2O/c18-10-5-6-11(12(19)9-10)15-7-8-16(22-15)17-20-13-3-1-2-4-14(13)21-17/h1-9H,(H,20,21). The van der Waals surface area contributed by atoms with E-state index in [-0.39, 0.29) is 0 Å². The van der Waals surface area contributed by atoms with Crippen molar-refractivity contribution in [2.24, 2.45) is 0 Å². The number of para-hydroxylation sites is 2. The van der Waals surface area contributed by atoms with Gasteiger partial charge in [-0.2, -0.15) is 0 Å². The molecule has 0 aliphatic carbocycles. The number of hydrogen-bond donors (Lipinski definition) is 1. The molecule has 108 valence electrons. The summed E-state index contributed by atoms with van der Waals surface area (Å²) in [7, 11) is 0. The molecule has 1 N–H and O–H groups in total. The van der Waals surface area contributed by atoms with E-state index in [0.29, 0.717) is 0 Å². The quantitative estimate of drug-likeness (QED) is 0.433. The third-order valence-electron chi connectivity index (χ3n) is 3.43. The van der Waals surface area contributed by atoms with Crippen LogP contribution in [0.4, 0.5) is 0 Å². The monoisotopic (exact) mass is 416 g/mol. The number of nitrogens with one attached hydrogen (secondary N) is 1. The number of halogens is 2. The van der Waals surface area contributed by atoms with Crippen LogP contribution in [0.3, 0.4) is 0 Å². The molecule has 0 atom stereocenters. The third kappa shape index (κ3) is 2.40. The molecule has 2 aromatic carbocycles. The minimum absolute atomic E-state index is 0.723. The maximum absolute atomic E-state index is 5.97. The number of aromatic nitrogens is 2. The maximum Gasteiger partial charge on any atom is 0.174 e. The minimum Gasteiger partial charge on any atom is -0.453 e. The highest BCUT2D eigenvalue weighted by Crippen LogP contribution is 2.34. The molecule has 0 amide bonds. The molecule has 5 heteroatoms. The summed E-state index contributed by atoms with van der Waals surface area (Å²) in [6.45, 7) is 0. The van der Waals surface area contributed by atoms with Crippen LogP contribution in [-0.4, -0.2) is 9.97 Å². The third-order valence-corrected chi connectivity index (χ3v) is 4.57. The van der Waals surface area contributed by atoms with E-state index in [9.17, 15) is 0 Å². The molecule has 0 aliphatic heterocycles. The summed E-state index contributed by atoms with van der Waals surface area (Å²) in [4.78, 5) is 7.83. The van der Waals surface area contributed by atoms with Crippen LogP contribution in [0.15, 0.2) is 68.0 Å². The molecular formula is C17H10Br2N2O. The van der Waals surface area contributed by atoms with E-state index in [1.54, 1.807) is 0 Å². The van der Waals surface area contributed by atoms with E-state index in [2.05, 4.69) is 41.8 Å². The Labute approximate surface area is 143 Å². The summed E-state index contributed by atoms with van der Waals surface area (Å²) in [6, 6.07) is 17.8. The summed E-state index contributed by atoms with van der Waals surface area (Å²) in [5, 5.41) is 0. The van der Waals surface area contributed by atoms with Gasteiger partial charge >= 0.3 is 0 Å². The number of benzene rings is 2. The van der Waals surface area contributed by atoms with Gasteiger partial charge in [-0.1, -0.05) is 28.1 Å².